The van der Waals surface area contributed by atoms with E-state index in [1.807, 2.05) is 6.07 Å². The van der Waals surface area contributed by atoms with Crippen LogP contribution < -0.4 is 10.1 Å². The van der Waals surface area contributed by atoms with Crippen molar-refractivity contribution in [2.75, 3.05) is 11.9 Å². The molecule has 0 saturated carbocycles. The maximum Gasteiger partial charge on any atom is 0.422 e. The molecule has 0 saturated heterocycles. The van der Waals surface area contributed by atoms with E-state index in [1.54, 1.807) is 18.2 Å². The van der Waals surface area contributed by atoms with Gasteiger partial charge in [-0.3, -0.25) is 0 Å². The van der Waals surface area contributed by atoms with Crippen LogP contribution in [0.25, 0.3) is 0 Å². The van der Waals surface area contributed by atoms with Crippen molar-refractivity contribution >= 4 is 17.3 Å². The van der Waals surface area contributed by atoms with Crippen LogP contribution in [0, 0.1) is 11.3 Å². The largest absolute Gasteiger partial charge is 0.468 e. The number of hydrogen-bond acceptors (Lipinski definition) is 4. The number of pyridine rings is 1. The number of halogens is 4. The molecule has 1 heterocycles. The lowest BCUT2D eigenvalue weighted by molar-refractivity contribution is -0.154. The molecule has 0 spiro atoms. The van der Waals surface area contributed by atoms with Gasteiger partial charge in [0.2, 0.25) is 5.88 Å². The molecule has 4 nitrogen and oxygen atoms in total. The summed E-state index contributed by atoms with van der Waals surface area (Å²) in [6, 6.07) is 9.83. The van der Waals surface area contributed by atoms with Crippen molar-refractivity contribution in [3.63, 3.8) is 0 Å². The average Bonchev–Trinajstić information content (AvgIpc) is 2.52. The maximum absolute atomic E-state index is 12.0. The highest BCUT2D eigenvalue weighted by atomic mass is 35.5. The molecule has 0 bridgehead atoms. The number of benzene rings is 1. The molecule has 8 heteroatoms. The fourth-order valence-electron chi connectivity index (χ4n) is 1.72. The molecule has 0 amide bonds. The number of hydrogen-bond donors (Lipinski definition) is 1. The Morgan fingerprint density at radius 2 is 2.04 bits per heavy atom. The second-order valence-electron chi connectivity index (χ2n) is 4.56. The zero-order chi connectivity index (χ0) is 16.9. The number of anilines is 1. The minimum atomic E-state index is -4.40. The molecule has 1 N–H and O–H groups in total. The Balaban J connectivity index is 1.96. The van der Waals surface area contributed by atoms with E-state index in [0.29, 0.717) is 22.8 Å². The summed E-state index contributed by atoms with van der Waals surface area (Å²) in [7, 11) is 0. The zero-order valence-corrected chi connectivity index (χ0v) is 12.4. The smallest absolute Gasteiger partial charge is 0.422 e. The lowest BCUT2D eigenvalue weighted by Gasteiger charge is -2.10. The maximum atomic E-state index is 12.0. The summed E-state index contributed by atoms with van der Waals surface area (Å²) in [5, 5.41) is 12.5. The number of rotatable bonds is 5. The Morgan fingerprint density at radius 3 is 2.65 bits per heavy atom. The van der Waals surface area contributed by atoms with Crippen LogP contribution in [0.15, 0.2) is 36.5 Å². The second kappa shape index (κ2) is 7.20. The van der Waals surface area contributed by atoms with Crippen LogP contribution in [-0.2, 0) is 6.54 Å². The monoisotopic (exact) mass is 341 g/mol. The first-order valence-corrected chi connectivity index (χ1v) is 6.83. The van der Waals surface area contributed by atoms with Gasteiger partial charge < -0.3 is 10.1 Å². The second-order valence-corrected chi connectivity index (χ2v) is 5.00. The minimum absolute atomic E-state index is 0.102. The molecule has 0 aliphatic carbocycles. The van der Waals surface area contributed by atoms with Crippen LogP contribution in [0.2, 0.25) is 5.02 Å². The summed E-state index contributed by atoms with van der Waals surface area (Å²) in [6.45, 7) is -1.03. The van der Waals surface area contributed by atoms with Gasteiger partial charge in [-0.05, 0) is 23.8 Å². The molecule has 0 fully saturated rings. The first-order valence-electron chi connectivity index (χ1n) is 6.45. The van der Waals surface area contributed by atoms with Crippen molar-refractivity contribution in [2.45, 2.75) is 12.7 Å². The molecule has 2 rings (SSSR count). The van der Waals surface area contributed by atoms with Gasteiger partial charge >= 0.3 is 6.18 Å². The van der Waals surface area contributed by atoms with Crippen LogP contribution in [0.5, 0.6) is 5.88 Å². The van der Waals surface area contributed by atoms with E-state index in [1.165, 1.54) is 18.3 Å². The Bertz CT molecular complexity index is 711. The molecule has 0 unspecified atom stereocenters. The Morgan fingerprint density at radius 1 is 1.26 bits per heavy atom. The van der Waals surface area contributed by atoms with Crippen molar-refractivity contribution in [1.29, 1.82) is 5.26 Å². The van der Waals surface area contributed by atoms with Crippen LogP contribution in [-0.4, -0.2) is 17.8 Å². The van der Waals surface area contributed by atoms with Crippen molar-refractivity contribution in [3.05, 3.63) is 52.7 Å². The number of nitrogens with zero attached hydrogens (tertiary/aromatic N) is 2. The van der Waals surface area contributed by atoms with Gasteiger partial charge in [0.05, 0.1) is 11.3 Å². The number of aromatic nitrogens is 1. The molecule has 0 aliphatic rings. The van der Waals surface area contributed by atoms with E-state index in [2.05, 4.69) is 15.0 Å². The molecular weight excluding hydrogens is 331 g/mol. The Kier molecular flexibility index (Phi) is 5.29. The SMILES string of the molecule is N#Cc1cc(Cl)ccc1NCc1ccc(OCC(F)(F)F)nc1. The first kappa shape index (κ1) is 16.9. The number of nitriles is 1. The van der Waals surface area contributed by atoms with Gasteiger partial charge in [0.15, 0.2) is 6.61 Å². The summed E-state index contributed by atoms with van der Waals surface area (Å²) in [5.74, 6) is -0.102. The fraction of sp³-hybridized carbons (Fsp3) is 0.200. The molecule has 1 aromatic carbocycles. The topological polar surface area (TPSA) is 57.9 Å². The van der Waals surface area contributed by atoms with Crippen LogP contribution in [0.4, 0.5) is 18.9 Å². The van der Waals surface area contributed by atoms with Gasteiger partial charge in [0.25, 0.3) is 0 Å². The highest BCUT2D eigenvalue weighted by Gasteiger charge is 2.28. The lowest BCUT2D eigenvalue weighted by Crippen LogP contribution is -2.19. The van der Waals surface area contributed by atoms with E-state index in [-0.39, 0.29) is 5.88 Å². The molecule has 0 radical (unpaired) electrons. The normalized spacial score (nSPS) is 10.9. The minimum Gasteiger partial charge on any atom is -0.468 e. The van der Waals surface area contributed by atoms with E-state index in [0.717, 1.165) is 5.56 Å². The Labute approximate surface area is 135 Å². The van der Waals surface area contributed by atoms with Crippen LogP contribution >= 0.6 is 11.6 Å². The van der Waals surface area contributed by atoms with Gasteiger partial charge in [-0.1, -0.05) is 17.7 Å². The van der Waals surface area contributed by atoms with Crippen LogP contribution in [0.3, 0.4) is 0 Å². The third-order valence-corrected chi connectivity index (χ3v) is 3.00. The highest BCUT2D eigenvalue weighted by Crippen LogP contribution is 2.21. The summed E-state index contributed by atoms with van der Waals surface area (Å²) >= 11 is 5.81. The van der Waals surface area contributed by atoms with Gasteiger partial charge in [0, 0.05) is 23.8 Å². The highest BCUT2D eigenvalue weighted by molar-refractivity contribution is 6.30. The molecular formula is C15H11ClF3N3O. The van der Waals surface area contributed by atoms with Gasteiger partial charge in [-0.25, -0.2) is 4.98 Å². The molecule has 2 aromatic rings. The summed E-state index contributed by atoms with van der Waals surface area (Å²) in [4.78, 5) is 3.80. The molecule has 0 aliphatic heterocycles. The van der Waals surface area contributed by atoms with Crippen LogP contribution in [0.1, 0.15) is 11.1 Å². The summed E-state index contributed by atoms with van der Waals surface area (Å²) in [5.41, 5.74) is 1.73. The fourth-order valence-corrected chi connectivity index (χ4v) is 1.89. The van der Waals surface area contributed by atoms with Gasteiger partial charge in [0.1, 0.15) is 6.07 Å². The standard InChI is InChI=1S/C15H11ClF3N3O/c16-12-2-3-13(11(5-12)6-20)21-7-10-1-4-14(22-8-10)23-9-15(17,18)19/h1-5,8,21H,7,9H2. The van der Waals surface area contributed by atoms with Crippen molar-refractivity contribution in [1.82, 2.24) is 4.98 Å². The third kappa shape index (κ3) is 5.34. The number of alkyl halides is 3. The Hall–Kier alpha value is -2.46. The van der Waals surface area contributed by atoms with E-state index >= 15 is 0 Å². The zero-order valence-electron chi connectivity index (χ0n) is 11.7. The number of nitrogens with one attached hydrogen (secondary N) is 1. The van der Waals surface area contributed by atoms with E-state index in [9.17, 15) is 13.2 Å². The lowest BCUT2D eigenvalue weighted by atomic mass is 10.2. The van der Waals surface area contributed by atoms with Crippen molar-refractivity contribution in [3.8, 4) is 11.9 Å². The average molecular weight is 342 g/mol. The van der Waals surface area contributed by atoms with Gasteiger partial charge in [-0.2, -0.15) is 18.4 Å². The molecule has 23 heavy (non-hydrogen) atoms. The molecule has 120 valence electrons. The van der Waals surface area contributed by atoms with E-state index < -0.39 is 12.8 Å². The first-order chi connectivity index (χ1) is 10.9. The summed E-state index contributed by atoms with van der Waals surface area (Å²) < 4.78 is 40.6. The van der Waals surface area contributed by atoms with E-state index in [4.69, 9.17) is 16.9 Å². The molecule has 0 atom stereocenters. The summed E-state index contributed by atoms with van der Waals surface area (Å²) in [6.07, 6.45) is -3.00. The number of ether oxygens (including phenoxy) is 1. The quantitative estimate of drug-likeness (QED) is 0.887. The third-order valence-electron chi connectivity index (χ3n) is 2.77. The predicted molar refractivity (Wildman–Crippen MR) is 79.3 cm³/mol. The molecule has 1 aromatic heterocycles. The van der Waals surface area contributed by atoms with Crippen molar-refractivity contribution in [2.24, 2.45) is 0 Å². The predicted octanol–water partition coefficient (Wildman–Crippen LogP) is 4.16. The van der Waals surface area contributed by atoms with Gasteiger partial charge in [-0.15, -0.1) is 0 Å². The van der Waals surface area contributed by atoms with Crippen molar-refractivity contribution < 1.29 is 17.9 Å².